The molecule has 2 amide bonds. The maximum atomic E-state index is 13.9. The highest BCUT2D eigenvalue weighted by Crippen LogP contribution is 2.34. The van der Waals surface area contributed by atoms with Gasteiger partial charge < -0.3 is 5.32 Å². The third kappa shape index (κ3) is 3.80. The maximum Gasteiger partial charge on any atom is 0.416 e. The maximum absolute atomic E-state index is 13.9. The molecule has 0 aliphatic rings. The zero-order valence-electron chi connectivity index (χ0n) is 13.0. The highest BCUT2D eigenvalue weighted by molar-refractivity contribution is 7.22. The number of anilines is 2. The van der Waals surface area contributed by atoms with Crippen LogP contribution >= 0.6 is 11.3 Å². The van der Waals surface area contributed by atoms with Crippen LogP contribution in [0.25, 0.3) is 10.2 Å². The van der Waals surface area contributed by atoms with Crippen LogP contribution in [0.4, 0.5) is 37.6 Å². The Bertz CT molecular complexity index is 1090. The molecule has 0 atom stereocenters. The SMILES string of the molecule is N#Cc1c(F)ccc(NC(=O)Nc2nc3ccc(C(F)(F)F)cc3s2)c1F. The third-order valence-corrected chi connectivity index (χ3v) is 4.32. The lowest BCUT2D eigenvalue weighted by Gasteiger charge is -2.07. The van der Waals surface area contributed by atoms with E-state index >= 15 is 0 Å². The Labute approximate surface area is 152 Å². The van der Waals surface area contributed by atoms with Crippen molar-refractivity contribution in [2.45, 2.75) is 6.18 Å². The number of aromatic nitrogens is 1. The number of nitriles is 1. The van der Waals surface area contributed by atoms with E-state index < -0.39 is 40.7 Å². The van der Waals surface area contributed by atoms with E-state index in [2.05, 4.69) is 15.6 Å². The molecule has 11 heteroatoms. The summed E-state index contributed by atoms with van der Waals surface area (Å²) in [5, 5.41) is 13.0. The number of carbonyl (C=O) groups is 1. The van der Waals surface area contributed by atoms with Crippen molar-refractivity contribution < 1.29 is 26.7 Å². The number of benzene rings is 2. The molecule has 27 heavy (non-hydrogen) atoms. The first-order valence-electron chi connectivity index (χ1n) is 7.13. The van der Waals surface area contributed by atoms with E-state index in [-0.39, 0.29) is 15.3 Å². The zero-order chi connectivity index (χ0) is 19.8. The number of hydrogen-bond donors (Lipinski definition) is 2. The average Bonchev–Trinajstić information content (AvgIpc) is 2.98. The van der Waals surface area contributed by atoms with E-state index in [1.165, 1.54) is 6.07 Å². The molecule has 3 rings (SSSR count). The molecular weight excluding hydrogens is 391 g/mol. The molecule has 138 valence electrons. The molecule has 0 bridgehead atoms. The number of thiazole rings is 1. The monoisotopic (exact) mass is 398 g/mol. The molecule has 2 aromatic carbocycles. The summed E-state index contributed by atoms with van der Waals surface area (Å²) in [4.78, 5) is 15.9. The van der Waals surface area contributed by atoms with Gasteiger partial charge in [-0.2, -0.15) is 18.4 Å². The number of carbonyl (C=O) groups excluding carboxylic acids is 1. The van der Waals surface area contributed by atoms with Gasteiger partial charge in [0.2, 0.25) is 0 Å². The highest BCUT2D eigenvalue weighted by Gasteiger charge is 2.30. The van der Waals surface area contributed by atoms with Gasteiger partial charge in [0.25, 0.3) is 0 Å². The number of nitrogens with zero attached hydrogens (tertiary/aromatic N) is 2. The normalized spacial score (nSPS) is 11.3. The molecule has 0 spiro atoms. The van der Waals surface area contributed by atoms with Crippen LogP contribution in [0.3, 0.4) is 0 Å². The minimum absolute atomic E-state index is 0.0233. The van der Waals surface area contributed by atoms with Gasteiger partial charge in [0.1, 0.15) is 17.4 Å². The Hall–Kier alpha value is -3.26. The Morgan fingerprint density at radius 1 is 1.15 bits per heavy atom. The standard InChI is InChI=1S/C16H7F5N4OS/c17-9-2-4-11(13(18)8(9)6-22)23-14(26)25-15-24-10-3-1-7(16(19,20)21)5-12(10)27-15/h1-5H,(H2,23,24,25,26). The van der Waals surface area contributed by atoms with Crippen molar-refractivity contribution in [3.8, 4) is 6.07 Å². The number of halogens is 5. The first-order chi connectivity index (χ1) is 12.7. The molecule has 1 heterocycles. The van der Waals surface area contributed by atoms with Crippen molar-refractivity contribution in [3.63, 3.8) is 0 Å². The molecule has 0 aliphatic heterocycles. The average molecular weight is 398 g/mol. The third-order valence-electron chi connectivity index (χ3n) is 3.39. The zero-order valence-corrected chi connectivity index (χ0v) is 13.8. The predicted molar refractivity (Wildman–Crippen MR) is 88.3 cm³/mol. The summed E-state index contributed by atoms with van der Waals surface area (Å²) < 4.78 is 65.6. The highest BCUT2D eigenvalue weighted by atomic mass is 32.1. The Balaban J connectivity index is 1.80. The fourth-order valence-electron chi connectivity index (χ4n) is 2.16. The van der Waals surface area contributed by atoms with E-state index in [9.17, 15) is 26.7 Å². The number of rotatable bonds is 2. The second-order valence-corrected chi connectivity index (χ2v) is 6.20. The van der Waals surface area contributed by atoms with E-state index in [1.54, 1.807) is 0 Å². The first kappa shape index (κ1) is 18.5. The van der Waals surface area contributed by atoms with Gasteiger partial charge in [-0.05, 0) is 30.3 Å². The lowest BCUT2D eigenvalue weighted by atomic mass is 10.2. The van der Waals surface area contributed by atoms with Gasteiger partial charge in [-0.1, -0.05) is 11.3 Å². The van der Waals surface area contributed by atoms with E-state index in [0.29, 0.717) is 0 Å². The van der Waals surface area contributed by atoms with Crippen molar-refractivity contribution >= 4 is 38.4 Å². The van der Waals surface area contributed by atoms with Gasteiger partial charge in [0.05, 0.1) is 21.5 Å². The van der Waals surface area contributed by atoms with Crippen molar-refractivity contribution in [2.24, 2.45) is 0 Å². The lowest BCUT2D eigenvalue weighted by molar-refractivity contribution is -0.137. The van der Waals surface area contributed by atoms with Gasteiger partial charge in [0, 0.05) is 0 Å². The molecule has 0 fully saturated rings. The first-order valence-corrected chi connectivity index (χ1v) is 7.94. The number of fused-ring (bicyclic) bond motifs is 1. The molecule has 3 aromatic rings. The van der Waals surface area contributed by atoms with Crippen LogP contribution in [-0.4, -0.2) is 11.0 Å². The minimum Gasteiger partial charge on any atom is -0.305 e. The minimum atomic E-state index is -4.51. The Kier molecular flexibility index (Phi) is 4.67. The van der Waals surface area contributed by atoms with E-state index in [0.717, 1.165) is 41.7 Å². The second-order valence-electron chi connectivity index (χ2n) is 5.17. The summed E-state index contributed by atoms with van der Waals surface area (Å²) >= 11 is 0.792. The van der Waals surface area contributed by atoms with Gasteiger partial charge in [-0.15, -0.1) is 0 Å². The van der Waals surface area contributed by atoms with Crippen molar-refractivity contribution in [3.05, 3.63) is 53.1 Å². The summed E-state index contributed by atoms with van der Waals surface area (Å²) in [7, 11) is 0. The smallest absolute Gasteiger partial charge is 0.305 e. The Morgan fingerprint density at radius 3 is 2.56 bits per heavy atom. The molecular formula is C16H7F5N4OS. The summed E-state index contributed by atoms with van der Waals surface area (Å²) in [6, 6.07) is 5.05. The fourth-order valence-corrected chi connectivity index (χ4v) is 3.06. The van der Waals surface area contributed by atoms with Crippen molar-refractivity contribution in [1.82, 2.24) is 4.98 Å². The largest absolute Gasteiger partial charge is 0.416 e. The van der Waals surface area contributed by atoms with Gasteiger partial charge in [-0.25, -0.2) is 18.6 Å². The van der Waals surface area contributed by atoms with Crippen molar-refractivity contribution in [2.75, 3.05) is 10.6 Å². The predicted octanol–water partition coefficient (Wildman–Crippen LogP) is 5.11. The summed E-state index contributed by atoms with van der Waals surface area (Å²) in [6.07, 6.45) is -4.51. The van der Waals surface area contributed by atoms with Crippen LogP contribution < -0.4 is 10.6 Å². The van der Waals surface area contributed by atoms with Crippen LogP contribution in [0.1, 0.15) is 11.1 Å². The number of nitrogens with one attached hydrogen (secondary N) is 2. The van der Waals surface area contributed by atoms with Crippen LogP contribution in [0.15, 0.2) is 30.3 Å². The summed E-state index contributed by atoms with van der Waals surface area (Å²) in [5.74, 6) is -2.32. The van der Waals surface area contributed by atoms with Crippen LogP contribution in [0.2, 0.25) is 0 Å². The number of amides is 2. The van der Waals surface area contributed by atoms with Crippen molar-refractivity contribution in [1.29, 1.82) is 5.26 Å². The molecule has 0 saturated carbocycles. The van der Waals surface area contributed by atoms with E-state index in [1.807, 2.05) is 0 Å². The van der Waals surface area contributed by atoms with Crippen LogP contribution in [0.5, 0.6) is 0 Å². The molecule has 5 nitrogen and oxygen atoms in total. The molecule has 0 unspecified atom stereocenters. The van der Waals surface area contributed by atoms with E-state index in [4.69, 9.17) is 5.26 Å². The molecule has 0 aliphatic carbocycles. The van der Waals surface area contributed by atoms with Crippen LogP contribution in [0, 0.1) is 23.0 Å². The molecule has 0 saturated heterocycles. The molecule has 0 radical (unpaired) electrons. The van der Waals surface area contributed by atoms with Gasteiger partial charge in [-0.3, -0.25) is 5.32 Å². The molecule has 1 aromatic heterocycles. The summed E-state index contributed by atoms with van der Waals surface area (Å²) in [6.45, 7) is 0. The lowest BCUT2D eigenvalue weighted by Crippen LogP contribution is -2.20. The fraction of sp³-hybridized carbons (Fsp3) is 0.0625. The Morgan fingerprint density at radius 2 is 1.89 bits per heavy atom. The number of hydrogen-bond acceptors (Lipinski definition) is 4. The topological polar surface area (TPSA) is 77.8 Å². The van der Waals surface area contributed by atoms with Gasteiger partial charge in [0.15, 0.2) is 10.9 Å². The molecule has 2 N–H and O–H groups in total. The second kappa shape index (κ2) is 6.81. The van der Waals surface area contributed by atoms with Gasteiger partial charge >= 0.3 is 12.2 Å². The quantitative estimate of drug-likeness (QED) is 0.589. The summed E-state index contributed by atoms with van der Waals surface area (Å²) in [5.41, 5.74) is -1.91. The van der Waals surface area contributed by atoms with Crippen LogP contribution in [-0.2, 0) is 6.18 Å². The number of alkyl halides is 3. The number of urea groups is 1.